The Morgan fingerprint density at radius 3 is 2.15 bits per heavy atom. The first kappa shape index (κ1) is 16.3. The summed E-state index contributed by atoms with van der Waals surface area (Å²) in [5.74, 6) is 0.750. The fourth-order valence-electron chi connectivity index (χ4n) is 2.10. The predicted octanol–water partition coefficient (Wildman–Crippen LogP) is -0.749. The molecule has 2 N–H and O–H groups in total. The van der Waals surface area contributed by atoms with Crippen LogP contribution in [-0.2, 0) is 9.59 Å². The molecule has 1 aliphatic rings. The lowest BCUT2D eigenvalue weighted by molar-refractivity contribution is -0.130. The van der Waals surface area contributed by atoms with Crippen LogP contribution in [0.1, 0.15) is 20.8 Å². The molecule has 1 aliphatic heterocycles. The van der Waals surface area contributed by atoms with Crippen molar-refractivity contribution in [1.29, 1.82) is 0 Å². The van der Waals surface area contributed by atoms with Gasteiger partial charge in [-0.2, -0.15) is 0 Å². The van der Waals surface area contributed by atoms with Crippen LogP contribution in [0.5, 0.6) is 0 Å². The SMILES string of the molecule is CN=C(NCC(=O)NC(C)C)N1CCN(C(C)=O)CC1. The van der Waals surface area contributed by atoms with E-state index in [-0.39, 0.29) is 24.4 Å². The minimum absolute atomic E-state index is 0.0523. The quantitative estimate of drug-likeness (QED) is 0.528. The Balaban J connectivity index is 2.41. The number of hydrogen-bond acceptors (Lipinski definition) is 3. The molecule has 114 valence electrons. The van der Waals surface area contributed by atoms with Gasteiger partial charge < -0.3 is 20.4 Å². The van der Waals surface area contributed by atoms with Crippen LogP contribution in [0.4, 0.5) is 0 Å². The van der Waals surface area contributed by atoms with E-state index in [0.29, 0.717) is 19.0 Å². The third-order valence-corrected chi connectivity index (χ3v) is 3.09. The first-order valence-electron chi connectivity index (χ1n) is 6.94. The first-order valence-corrected chi connectivity index (χ1v) is 6.94. The summed E-state index contributed by atoms with van der Waals surface area (Å²) in [4.78, 5) is 30.9. The maximum absolute atomic E-state index is 11.6. The molecule has 0 aromatic rings. The summed E-state index contributed by atoms with van der Waals surface area (Å²) >= 11 is 0. The fraction of sp³-hybridized carbons (Fsp3) is 0.769. The standard InChI is InChI=1S/C13H25N5O2/c1-10(2)16-12(20)9-15-13(14-4)18-7-5-17(6-8-18)11(3)19/h10H,5-9H2,1-4H3,(H,14,15)(H,16,20). The zero-order valence-corrected chi connectivity index (χ0v) is 12.8. The minimum Gasteiger partial charge on any atom is -0.352 e. The van der Waals surface area contributed by atoms with Crippen molar-refractivity contribution in [1.82, 2.24) is 20.4 Å². The van der Waals surface area contributed by atoms with Crippen molar-refractivity contribution in [2.75, 3.05) is 39.8 Å². The first-order chi connectivity index (χ1) is 9.43. The molecule has 2 amide bonds. The lowest BCUT2D eigenvalue weighted by atomic mass is 10.3. The minimum atomic E-state index is -0.0523. The van der Waals surface area contributed by atoms with E-state index in [9.17, 15) is 9.59 Å². The molecule has 7 heteroatoms. The summed E-state index contributed by atoms with van der Waals surface area (Å²) in [6.45, 7) is 8.47. The van der Waals surface area contributed by atoms with Gasteiger partial charge in [0.15, 0.2) is 5.96 Å². The van der Waals surface area contributed by atoms with Crippen molar-refractivity contribution in [3.05, 3.63) is 0 Å². The molecule has 1 saturated heterocycles. The summed E-state index contributed by atoms with van der Waals surface area (Å²) < 4.78 is 0. The van der Waals surface area contributed by atoms with Gasteiger partial charge in [0.05, 0.1) is 6.54 Å². The molecule has 1 fully saturated rings. The van der Waals surface area contributed by atoms with Gasteiger partial charge in [0.1, 0.15) is 0 Å². The van der Waals surface area contributed by atoms with Gasteiger partial charge in [-0.05, 0) is 13.8 Å². The number of aliphatic imine (C=N–C) groups is 1. The molecule has 0 unspecified atom stereocenters. The zero-order chi connectivity index (χ0) is 15.1. The third-order valence-electron chi connectivity index (χ3n) is 3.09. The van der Waals surface area contributed by atoms with Crippen LogP contribution >= 0.6 is 0 Å². The van der Waals surface area contributed by atoms with Gasteiger partial charge in [0.25, 0.3) is 0 Å². The number of amides is 2. The second-order valence-electron chi connectivity index (χ2n) is 5.12. The van der Waals surface area contributed by atoms with Crippen molar-refractivity contribution in [3.63, 3.8) is 0 Å². The number of nitrogens with zero attached hydrogens (tertiary/aromatic N) is 3. The lowest BCUT2D eigenvalue weighted by Crippen LogP contribution is -2.54. The highest BCUT2D eigenvalue weighted by molar-refractivity contribution is 5.86. The van der Waals surface area contributed by atoms with Crippen LogP contribution < -0.4 is 10.6 Å². The topological polar surface area (TPSA) is 77.0 Å². The molecule has 20 heavy (non-hydrogen) atoms. The number of guanidine groups is 1. The zero-order valence-electron chi connectivity index (χ0n) is 12.8. The van der Waals surface area contributed by atoms with Gasteiger partial charge in [-0.3, -0.25) is 14.6 Å². The van der Waals surface area contributed by atoms with E-state index in [1.807, 2.05) is 18.7 Å². The van der Waals surface area contributed by atoms with Crippen LogP contribution in [0.3, 0.4) is 0 Å². The number of rotatable bonds is 3. The van der Waals surface area contributed by atoms with Crippen molar-refractivity contribution in [3.8, 4) is 0 Å². The number of nitrogens with one attached hydrogen (secondary N) is 2. The second kappa shape index (κ2) is 7.72. The molecule has 0 saturated carbocycles. The monoisotopic (exact) mass is 283 g/mol. The van der Waals surface area contributed by atoms with Crippen LogP contribution in [0.2, 0.25) is 0 Å². The molecule has 0 aromatic carbocycles. The van der Waals surface area contributed by atoms with Crippen LogP contribution in [0.15, 0.2) is 4.99 Å². The summed E-state index contributed by atoms with van der Waals surface area (Å²) in [6.07, 6.45) is 0. The molecule has 0 bridgehead atoms. The summed E-state index contributed by atoms with van der Waals surface area (Å²) in [5.41, 5.74) is 0. The van der Waals surface area contributed by atoms with Crippen LogP contribution in [-0.4, -0.2) is 73.4 Å². The third kappa shape index (κ3) is 5.07. The molecule has 0 aliphatic carbocycles. The van der Waals surface area contributed by atoms with Crippen molar-refractivity contribution in [2.24, 2.45) is 4.99 Å². The molecular weight excluding hydrogens is 258 g/mol. The Kier molecular flexibility index (Phi) is 6.27. The highest BCUT2D eigenvalue weighted by Gasteiger charge is 2.21. The van der Waals surface area contributed by atoms with E-state index in [1.54, 1.807) is 14.0 Å². The number of hydrogen-bond donors (Lipinski definition) is 2. The fourth-order valence-corrected chi connectivity index (χ4v) is 2.10. The average Bonchev–Trinajstić information content (AvgIpc) is 2.39. The molecule has 1 rings (SSSR count). The summed E-state index contributed by atoms with van der Waals surface area (Å²) in [6, 6.07) is 0.130. The lowest BCUT2D eigenvalue weighted by Gasteiger charge is -2.36. The molecule has 0 radical (unpaired) electrons. The Bertz CT molecular complexity index is 373. The van der Waals surface area contributed by atoms with Gasteiger partial charge in [-0.15, -0.1) is 0 Å². The smallest absolute Gasteiger partial charge is 0.239 e. The molecular formula is C13H25N5O2. The van der Waals surface area contributed by atoms with Crippen molar-refractivity contribution >= 4 is 17.8 Å². The largest absolute Gasteiger partial charge is 0.352 e. The van der Waals surface area contributed by atoms with Crippen molar-refractivity contribution < 1.29 is 9.59 Å². The average molecular weight is 283 g/mol. The van der Waals surface area contributed by atoms with Gasteiger partial charge >= 0.3 is 0 Å². The van der Waals surface area contributed by atoms with Crippen LogP contribution in [0, 0.1) is 0 Å². The predicted molar refractivity (Wildman–Crippen MR) is 78.5 cm³/mol. The van der Waals surface area contributed by atoms with E-state index in [1.165, 1.54) is 0 Å². The Hall–Kier alpha value is -1.79. The van der Waals surface area contributed by atoms with Crippen LogP contribution in [0.25, 0.3) is 0 Å². The van der Waals surface area contributed by atoms with E-state index in [4.69, 9.17) is 0 Å². The molecule has 7 nitrogen and oxygen atoms in total. The van der Waals surface area contributed by atoms with Gasteiger partial charge in [-0.25, -0.2) is 0 Å². The maximum atomic E-state index is 11.6. The molecule has 1 heterocycles. The maximum Gasteiger partial charge on any atom is 0.239 e. The number of carbonyl (C=O) groups excluding carboxylic acids is 2. The van der Waals surface area contributed by atoms with Crippen molar-refractivity contribution in [2.45, 2.75) is 26.8 Å². The van der Waals surface area contributed by atoms with E-state index < -0.39 is 0 Å². The second-order valence-corrected chi connectivity index (χ2v) is 5.12. The molecule has 0 spiro atoms. The molecule has 0 atom stereocenters. The number of piperazine rings is 1. The van der Waals surface area contributed by atoms with E-state index >= 15 is 0 Å². The van der Waals surface area contributed by atoms with Gasteiger partial charge in [-0.1, -0.05) is 0 Å². The highest BCUT2D eigenvalue weighted by Crippen LogP contribution is 2.02. The normalized spacial score (nSPS) is 16.4. The number of carbonyl (C=O) groups is 2. The Morgan fingerprint density at radius 1 is 1.15 bits per heavy atom. The van der Waals surface area contributed by atoms with Gasteiger partial charge in [0, 0.05) is 46.2 Å². The van der Waals surface area contributed by atoms with E-state index in [2.05, 4.69) is 20.5 Å². The Labute approximate surface area is 120 Å². The summed E-state index contributed by atoms with van der Waals surface area (Å²) in [7, 11) is 1.69. The van der Waals surface area contributed by atoms with E-state index in [0.717, 1.165) is 13.1 Å². The highest BCUT2D eigenvalue weighted by atomic mass is 16.2. The summed E-state index contributed by atoms with van der Waals surface area (Å²) in [5, 5.41) is 5.87. The molecule has 0 aromatic heterocycles. The van der Waals surface area contributed by atoms with Gasteiger partial charge in [0.2, 0.25) is 11.8 Å². The Morgan fingerprint density at radius 2 is 1.70 bits per heavy atom.